The summed E-state index contributed by atoms with van der Waals surface area (Å²) in [6.07, 6.45) is 1.96. The first-order valence-corrected chi connectivity index (χ1v) is 6.87. The number of nitrogens with zero attached hydrogens (tertiary/aromatic N) is 2. The molecule has 20 heavy (non-hydrogen) atoms. The van der Waals surface area contributed by atoms with Crippen LogP contribution in [0.4, 0.5) is 17.3 Å². The van der Waals surface area contributed by atoms with Gasteiger partial charge >= 0.3 is 0 Å². The Kier molecular flexibility index (Phi) is 4.73. The molecule has 0 amide bonds. The van der Waals surface area contributed by atoms with E-state index in [2.05, 4.69) is 15.6 Å². The summed E-state index contributed by atoms with van der Waals surface area (Å²) in [5.74, 6) is 1.05. The summed E-state index contributed by atoms with van der Waals surface area (Å²) in [7, 11) is 0. The molecule has 1 aromatic heterocycles. The smallest absolute Gasteiger partial charge is 0.276 e. The van der Waals surface area contributed by atoms with E-state index in [1.165, 1.54) is 12.1 Å². The normalized spacial score (nSPS) is 22.3. The Hall–Kier alpha value is -1.89. The minimum absolute atomic E-state index is 0.0403. The number of ether oxygens (including phenoxy) is 1. The molecular weight excluding hydrogens is 260 g/mol. The Bertz CT molecular complexity index is 481. The first-order valence-electron chi connectivity index (χ1n) is 6.87. The summed E-state index contributed by atoms with van der Waals surface area (Å²) >= 11 is 0. The van der Waals surface area contributed by atoms with Gasteiger partial charge in [0.1, 0.15) is 11.6 Å². The van der Waals surface area contributed by atoms with Crippen molar-refractivity contribution in [2.24, 2.45) is 0 Å². The highest BCUT2D eigenvalue weighted by Crippen LogP contribution is 2.23. The van der Waals surface area contributed by atoms with Gasteiger partial charge in [-0.2, -0.15) is 0 Å². The van der Waals surface area contributed by atoms with Crippen LogP contribution in [0.2, 0.25) is 0 Å². The van der Waals surface area contributed by atoms with Crippen molar-refractivity contribution in [1.29, 1.82) is 0 Å². The van der Waals surface area contributed by atoms with Crippen LogP contribution >= 0.6 is 0 Å². The fourth-order valence-corrected chi connectivity index (χ4v) is 2.31. The van der Waals surface area contributed by atoms with E-state index >= 15 is 0 Å². The van der Waals surface area contributed by atoms with Crippen LogP contribution in [0.3, 0.4) is 0 Å². The zero-order valence-electron chi connectivity index (χ0n) is 11.8. The average molecular weight is 280 g/mol. The van der Waals surface area contributed by atoms with E-state index in [9.17, 15) is 10.1 Å². The molecule has 1 saturated heterocycles. The number of pyridine rings is 1. The number of hydrogen-bond acceptors (Lipinski definition) is 6. The van der Waals surface area contributed by atoms with Gasteiger partial charge in [0.2, 0.25) is 0 Å². The van der Waals surface area contributed by atoms with Crippen molar-refractivity contribution in [3.8, 4) is 0 Å². The molecule has 2 rings (SSSR count). The van der Waals surface area contributed by atoms with Crippen LogP contribution in [-0.2, 0) is 4.74 Å². The second-order valence-electron chi connectivity index (χ2n) is 4.93. The molecule has 0 spiro atoms. The summed E-state index contributed by atoms with van der Waals surface area (Å²) in [5, 5.41) is 17.2. The summed E-state index contributed by atoms with van der Waals surface area (Å²) in [6, 6.07) is 3.16. The lowest BCUT2D eigenvalue weighted by Gasteiger charge is -2.28. The molecule has 0 radical (unpaired) electrons. The number of hydrogen-bond donors (Lipinski definition) is 2. The molecule has 2 heterocycles. The van der Waals surface area contributed by atoms with Gasteiger partial charge in [-0.25, -0.2) is 4.98 Å². The quantitative estimate of drug-likeness (QED) is 0.636. The number of anilines is 2. The van der Waals surface area contributed by atoms with Crippen molar-refractivity contribution in [2.45, 2.75) is 38.8 Å². The Morgan fingerprint density at radius 1 is 1.50 bits per heavy atom. The topological polar surface area (TPSA) is 89.3 Å². The van der Waals surface area contributed by atoms with E-state index in [1.807, 2.05) is 13.8 Å². The lowest BCUT2D eigenvalue weighted by atomic mass is 10.0. The van der Waals surface area contributed by atoms with Crippen LogP contribution in [0.15, 0.2) is 12.1 Å². The minimum atomic E-state index is -0.402. The van der Waals surface area contributed by atoms with Crippen LogP contribution in [0.25, 0.3) is 0 Å². The maximum atomic E-state index is 11.0. The molecule has 1 aromatic rings. The molecule has 0 aliphatic carbocycles. The molecular formula is C13H20N4O3. The van der Waals surface area contributed by atoms with Crippen molar-refractivity contribution in [3.63, 3.8) is 0 Å². The molecule has 0 aromatic carbocycles. The second-order valence-corrected chi connectivity index (χ2v) is 4.93. The van der Waals surface area contributed by atoms with Crippen LogP contribution in [0, 0.1) is 10.1 Å². The third kappa shape index (κ3) is 3.80. The van der Waals surface area contributed by atoms with Crippen molar-refractivity contribution in [3.05, 3.63) is 22.2 Å². The third-order valence-electron chi connectivity index (χ3n) is 3.22. The highest BCUT2D eigenvalue weighted by Gasteiger charge is 2.20. The van der Waals surface area contributed by atoms with E-state index in [4.69, 9.17) is 4.74 Å². The lowest BCUT2D eigenvalue weighted by molar-refractivity contribution is -0.384. The Morgan fingerprint density at radius 2 is 2.25 bits per heavy atom. The molecule has 2 unspecified atom stereocenters. The number of aromatic nitrogens is 1. The van der Waals surface area contributed by atoms with Gasteiger partial charge in [0.15, 0.2) is 0 Å². The van der Waals surface area contributed by atoms with E-state index in [0.29, 0.717) is 24.8 Å². The standard InChI is InChI=1S/C13H20N4O3/c1-3-14-12-7-11(17(18)19)8-13(16-12)15-10-4-5-20-9(2)6-10/h7-10H,3-6H2,1-2H3,(H2,14,15,16). The van der Waals surface area contributed by atoms with Crippen LogP contribution in [0.5, 0.6) is 0 Å². The number of nitrogens with one attached hydrogen (secondary N) is 2. The molecule has 2 atom stereocenters. The highest BCUT2D eigenvalue weighted by atomic mass is 16.6. The van der Waals surface area contributed by atoms with Gasteiger partial charge in [0, 0.05) is 19.2 Å². The van der Waals surface area contributed by atoms with Gasteiger partial charge < -0.3 is 15.4 Å². The SMILES string of the molecule is CCNc1cc([N+](=O)[O-])cc(NC2CCOC(C)C2)n1. The molecule has 110 valence electrons. The molecule has 0 bridgehead atoms. The van der Waals surface area contributed by atoms with Gasteiger partial charge in [-0.15, -0.1) is 0 Å². The second kappa shape index (κ2) is 6.51. The average Bonchev–Trinajstić information content (AvgIpc) is 2.38. The van der Waals surface area contributed by atoms with Gasteiger partial charge in [0.25, 0.3) is 5.69 Å². The van der Waals surface area contributed by atoms with Gasteiger partial charge in [-0.3, -0.25) is 10.1 Å². The summed E-state index contributed by atoms with van der Waals surface area (Å²) in [5.41, 5.74) is 0.0403. The highest BCUT2D eigenvalue weighted by molar-refractivity contribution is 5.55. The fraction of sp³-hybridized carbons (Fsp3) is 0.615. The Balaban J connectivity index is 2.14. The van der Waals surface area contributed by atoms with E-state index < -0.39 is 4.92 Å². The molecule has 2 N–H and O–H groups in total. The molecule has 0 saturated carbocycles. The Labute approximate surface area is 117 Å². The zero-order valence-corrected chi connectivity index (χ0v) is 11.8. The van der Waals surface area contributed by atoms with Crippen molar-refractivity contribution >= 4 is 17.3 Å². The molecule has 1 aliphatic heterocycles. The van der Waals surface area contributed by atoms with Crippen molar-refractivity contribution < 1.29 is 9.66 Å². The number of nitro groups is 1. The van der Waals surface area contributed by atoms with E-state index in [1.54, 1.807) is 0 Å². The lowest BCUT2D eigenvalue weighted by Crippen LogP contribution is -2.32. The summed E-state index contributed by atoms with van der Waals surface area (Å²) < 4.78 is 5.49. The van der Waals surface area contributed by atoms with E-state index in [0.717, 1.165) is 12.8 Å². The van der Waals surface area contributed by atoms with Crippen molar-refractivity contribution in [2.75, 3.05) is 23.8 Å². The summed E-state index contributed by atoms with van der Waals surface area (Å²) in [6.45, 7) is 5.32. The molecule has 1 fully saturated rings. The molecule has 7 nitrogen and oxygen atoms in total. The van der Waals surface area contributed by atoms with Gasteiger partial charge in [-0.05, 0) is 26.7 Å². The van der Waals surface area contributed by atoms with Crippen LogP contribution < -0.4 is 10.6 Å². The van der Waals surface area contributed by atoms with Crippen LogP contribution in [0.1, 0.15) is 26.7 Å². The minimum Gasteiger partial charge on any atom is -0.378 e. The first-order chi connectivity index (χ1) is 9.58. The Morgan fingerprint density at radius 3 is 2.90 bits per heavy atom. The monoisotopic (exact) mass is 280 g/mol. The maximum absolute atomic E-state index is 11.0. The molecule has 7 heteroatoms. The number of rotatable bonds is 5. The zero-order chi connectivity index (χ0) is 14.5. The molecule has 1 aliphatic rings. The van der Waals surface area contributed by atoms with Crippen LogP contribution in [-0.4, -0.2) is 35.2 Å². The predicted octanol–water partition coefficient (Wildman–Crippen LogP) is 2.40. The van der Waals surface area contributed by atoms with Gasteiger partial charge in [-0.1, -0.05) is 0 Å². The summed E-state index contributed by atoms with van der Waals surface area (Å²) in [4.78, 5) is 14.9. The third-order valence-corrected chi connectivity index (χ3v) is 3.22. The maximum Gasteiger partial charge on any atom is 0.276 e. The van der Waals surface area contributed by atoms with E-state index in [-0.39, 0.29) is 17.8 Å². The first kappa shape index (κ1) is 14.5. The fourth-order valence-electron chi connectivity index (χ4n) is 2.31. The largest absolute Gasteiger partial charge is 0.378 e. The van der Waals surface area contributed by atoms with Gasteiger partial charge in [0.05, 0.1) is 23.2 Å². The van der Waals surface area contributed by atoms with Crippen molar-refractivity contribution in [1.82, 2.24) is 4.98 Å². The predicted molar refractivity (Wildman–Crippen MR) is 77.1 cm³/mol.